The van der Waals surface area contributed by atoms with Crippen LogP contribution in [0.1, 0.15) is 40.5 Å². The summed E-state index contributed by atoms with van der Waals surface area (Å²) in [5, 5.41) is 3.16. The van der Waals surface area contributed by atoms with Crippen LogP contribution in [0.5, 0.6) is 0 Å². The second kappa shape index (κ2) is 8.04. The molecular weight excluding hydrogens is 334 g/mol. The van der Waals surface area contributed by atoms with Crippen LogP contribution < -0.4 is 10.2 Å². The van der Waals surface area contributed by atoms with Crippen molar-refractivity contribution in [2.45, 2.75) is 18.9 Å². The number of benzene rings is 2. The summed E-state index contributed by atoms with van der Waals surface area (Å²) in [5.74, 6) is 0.727. The van der Waals surface area contributed by atoms with Gasteiger partial charge in [0.25, 0.3) is 5.91 Å². The zero-order valence-corrected chi connectivity index (χ0v) is 15.2. The van der Waals surface area contributed by atoms with Crippen molar-refractivity contribution in [1.29, 1.82) is 0 Å². The zero-order chi connectivity index (χ0) is 18.5. The van der Waals surface area contributed by atoms with Crippen LogP contribution in [0.25, 0.3) is 0 Å². The van der Waals surface area contributed by atoms with Crippen molar-refractivity contribution >= 4 is 11.7 Å². The fourth-order valence-corrected chi connectivity index (χ4v) is 3.53. The predicted molar refractivity (Wildman–Crippen MR) is 108 cm³/mol. The molecule has 4 heteroatoms. The van der Waals surface area contributed by atoms with E-state index in [4.69, 9.17) is 0 Å². The van der Waals surface area contributed by atoms with Crippen molar-refractivity contribution in [1.82, 2.24) is 10.3 Å². The molecule has 3 aromatic rings. The number of amides is 1. The standard InChI is InChI=1S/C23H23N3O/c27-23(20-14-9-15-21(24-20)26-16-7-8-17-26)25-22(18-10-3-1-4-11-18)19-12-5-2-6-13-19/h1-6,9-15,22H,7-8,16-17H2,(H,25,27). The number of nitrogens with one attached hydrogen (secondary N) is 1. The van der Waals surface area contributed by atoms with Crippen molar-refractivity contribution in [2.24, 2.45) is 0 Å². The maximum Gasteiger partial charge on any atom is 0.270 e. The van der Waals surface area contributed by atoms with E-state index in [1.165, 1.54) is 12.8 Å². The zero-order valence-electron chi connectivity index (χ0n) is 15.2. The minimum Gasteiger partial charge on any atom is -0.357 e. The highest BCUT2D eigenvalue weighted by molar-refractivity contribution is 5.93. The fourth-order valence-electron chi connectivity index (χ4n) is 3.53. The number of aromatic nitrogens is 1. The van der Waals surface area contributed by atoms with E-state index in [2.05, 4.69) is 15.2 Å². The fraction of sp³-hybridized carbons (Fsp3) is 0.217. The van der Waals surface area contributed by atoms with Gasteiger partial charge in [0.2, 0.25) is 0 Å². The minimum absolute atomic E-state index is 0.159. The van der Waals surface area contributed by atoms with Gasteiger partial charge >= 0.3 is 0 Å². The van der Waals surface area contributed by atoms with Crippen LogP contribution in [-0.2, 0) is 0 Å². The maximum absolute atomic E-state index is 13.0. The van der Waals surface area contributed by atoms with E-state index in [0.29, 0.717) is 5.69 Å². The molecule has 1 saturated heterocycles. The van der Waals surface area contributed by atoms with Crippen molar-refractivity contribution in [2.75, 3.05) is 18.0 Å². The molecule has 0 atom stereocenters. The van der Waals surface area contributed by atoms with Gasteiger partial charge < -0.3 is 10.2 Å². The topological polar surface area (TPSA) is 45.2 Å². The Labute approximate surface area is 159 Å². The molecule has 27 heavy (non-hydrogen) atoms. The summed E-state index contributed by atoms with van der Waals surface area (Å²) in [7, 11) is 0. The van der Waals surface area contributed by atoms with E-state index in [1.54, 1.807) is 6.07 Å². The molecule has 1 aliphatic heterocycles. The Hall–Kier alpha value is -3.14. The Balaban J connectivity index is 1.60. The number of nitrogens with zero attached hydrogens (tertiary/aromatic N) is 2. The van der Waals surface area contributed by atoms with Gasteiger partial charge in [-0.05, 0) is 36.1 Å². The Kier molecular flexibility index (Phi) is 5.15. The van der Waals surface area contributed by atoms with E-state index >= 15 is 0 Å². The second-order valence-corrected chi connectivity index (χ2v) is 6.80. The third kappa shape index (κ3) is 4.00. The molecule has 1 fully saturated rings. The van der Waals surface area contributed by atoms with Crippen molar-refractivity contribution in [3.05, 3.63) is 95.7 Å². The molecule has 0 radical (unpaired) electrons. The van der Waals surface area contributed by atoms with Gasteiger partial charge in [0, 0.05) is 13.1 Å². The van der Waals surface area contributed by atoms with E-state index in [9.17, 15) is 4.79 Å². The van der Waals surface area contributed by atoms with Gasteiger partial charge in [-0.1, -0.05) is 66.7 Å². The second-order valence-electron chi connectivity index (χ2n) is 6.80. The van der Waals surface area contributed by atoms with Crippen molar-refractivity contribution < 1.29 is 4.79 Å². The van der Waals surface area contributed by atoms with E-state index in [-0.39, 0.29) is 11.9 Å². The summed E-state index contributed by atoms with van der Waals surface area (Å²) in [6, 6.07) is 25.5. The maximum atomic E-state index is 13.0. The lowest BCUT2D eigenvalue weighted by Crippen LogP contribution is -2.30. The van der Waals surface area contributed by atoms with E-state index in [1.807, 2.05) is 72.8 Å². The number of rotatable bonds is 5. The highest BCUT2D eigenvalue weighted by Gasteiger charge is 2.20. The van der Waals surface area contributed by atoms with Crippen LogP contribution in [0.2, 0.25) is 0 Å². The first-order valence-corrected chi connectivity index (χ1v) is 9.44. The lowest BCUT2D eigenvalue weighted by molar-refractivity contribution is 0.0938. The molecular formula is C23H23N3O. The highest BCUT2D eigenvalue weighted by Crippen LogP contribution is 2.23. The number of carbonyl (C=O) groups is 1. The van der Waals surface area contributed by atoms with Crippen LogP contribution >= 0.6 is 0 Å². The number of anilines is 1. The first-order valence-electron chi connectivity index (χ1n) is 9.44. The average Bonchev–Trinajstić information content (AvgIpc) is 3.28. The van der Waals surface area contributed by atoms with Crippen molar-refractivity contribution in [3.8, 4) is 0 Å². The van der Waals surface area contributed by atoms with Gasteiger partial charge in [-0.15, -0.1) is 0 Å². The van der Waals surface area contributed by atoms with Gasteiger partial charge in [-0.2, -0.15) is 0 Å². The quantitative estimate of drug-likeness (QED) is 0.744. The van der Waals surface area contributed by atoms with Crippen LogP contribution in [0.4, 0.5) is 5.82 Å². The SMILES string of the molecule is O=C(NC(c1ccccc1)c1ccccc1)c1cccc(N2CCCC2)n1. The molecule has 1 N–H and O–H groups in total. The summed E-state index contributed by atoms with van der Waals surface area (Å²) < 4.78 is 0. The van der Waals surface area contributed by atoms with Gasteiger partial charge in [-0.25, -0.2) is 4.98 Å². The Morgan fingerprint density at radius 1 is 0.815 bits per heavy atom. The highest BCUT2D eigenvalue weighted by atomic mass is 16.1. The number of carbonyl (C=O) groups excluding carboxylic acids is 1. The molecule has 1 amide bonds. The van der Waals surface area contributed by atoms with Crippen LogP contribution in [0.15, 0.2) is 78.9 Å². The summed E-state index contributed by atoms with van der Waals surface area (Å²) in [6.07, 6.45) is 2.37. The third-order valence-corrected chi connectivity index (χ3v) is 4.94. The Morgan fingerprint density at radius 3 is 2.00 bits per heavy atom. The van der Waals surface area contributed by atoms with E-state index < -0.39 is 0 Å². The summed E-state index contributed by atoms with van der Waals surface area (Å²) in [5.41, 5.74) is 2.55. The lowest BCUT2D eigenvalue weighted by atomic mass is 9.98. The van der Waals surface area contributed by atoms with Crippen LogP contribution in [0, 0.1) is 0 Å². The molecule has 0 saturated carbocycles. The molecule has 136 valence electrons. The largest absolute Gasteiger partial charge is 0.357 e. The summed E-state index contributed by atoms with van der Waals surface area (Å²) in [4.78, 5) is 19.8. The smallest absolute Gasteiger partial charge is 0.270 e. The number of hydrogen-bond acceptors (Lipinski definition) is 3. The molecule has 0 bridgehead atoms. The molecule has 0 aliphatic carbocycles. The summed E-state index contributed by atoms with van der Waals surface area (Å²) >= 11 is 0. The van der Waals surface area contributed by atoms with Gasteiger partial charge in [-0.3, -0.25) is 4.79 Å². The molecule has 4 nitrogen and oxygen atoms in total. The van der Waals surface area contributed by atoms with Crippen LogP contribution in [-0.4, -0.2) is 24.0 Å². The molecule has 1 aliphatic rings. The Morgan fingerprint density at radius 2 is 1.41 bits per heavy atom. The molecule has 1 aromatic heterocycles. The normalized spacial score (nSPS) is 13.7. The Bertz CT molecular complexity index is 850. The first-order chi connectivity index (χ1) is 13.3. The monoisotopic (exact) mass is 357 g/mol. The summed E-state index contributed by atoms with van der Waals surface area (Å²) in [6.45, 7) is 2.02. The van der Waals surface area contributed by atoms with E-state index in [0.717, 1.165) is 30.0 Å². The lowest BCUT2D eigenvalue weighted by Gasteiger charge is -2.21. The minimum atomic E-state index is -0.211. The predicted octanol–water partition coefficient (Wildman–Crippen LogP) is 4.20. The van der Waals surface area contributed by atoms with Gasteiger partial charge in [0.05, 0.1) is 6.04 Å². The number of hydrogen-bond donors (Lipinski definition) is 1. The average molecular weight is 357 g/mol. The molecule has 2 aromatic carbocycles. The molecule has 0 spiro atoms. The molecule has 4 rings (SSSR count). The third-order valence-electron chi connectivity index (χ3n) is 4.94. The van der Waals surface area contributed by atoms with Gasteiger partial charge in [0.15, 0.2) is 0 Å². The number of pyridine rings is 1. The first kappa shape index (κ1) is 17.3. The van der Waals surface area contributed by atoms with Gasteiger partial charge in [0.1, 0.15) is 11.5 Å². The molecule has 2 heterocycles. The van der Waals surface area contributed by atoms with Crippen molar-refractivity contribution in [3.63, 3.8) is 0 Å². The van der Waals surface area contributed by atoms with Crippen LogP contribution in [0.3, 0.4) is 0 Å². The molecule has 0 unspecified atom stereocenters.